The standard InChI is InChI=1S/C19H17N3O5/c1-11(16(23)21-15(18(25)26)12-7-3-2-4-8-12)22-17(24)13-9-5-6-10-14(13)20-19(22)27/h2-11,15H,1H3,(H,20,27)(H,21,23)(H,25,26)/p-1/t11-,15-/m0/s1. The topological polar surface area (TPSA) is 124 Å². The number of aromatic amines is 1. The average Bonchev–Trinajstić information content (AvgIpc) is 2.66. The van der Waals surface area contributed by atoms with Gasteiger partial charge in [-0.15, -0.1) is 0 Å². The van der Waals surface area contributed by atoms with E-state index < -0.39 is 35.2 Å². The molecule has 1 amide bonds. The van der Waals surface area contributed by atoms with E-state index in [1.807, 2.05) is 0 Å². The number of nitrogens with zero attached hydrogens (tertiary/aromatic N) is 1. The molecule has 0 radical (unpaired) electrons. The average molecular weight is 366 g/mol. The predicted molar refractivity (Wildman–Crippen MR) is 95.9 cm³/mol. The summed E-state index contributed by atoms with van der Waals surface area (Å²) in [5.41, 5.74) is -0.723. The van der Waals surface area contributed by atoms with E-state index in [-0.39, 0.29) is 5.39 Å². The van der Waals surface area contributed by atoms with Crippen molar-refractivity contribution in [2.45, 2.75) is 19.0 Å². The molecule has 0 aliphatic heterocycles. The van der Waals surface area contributed by atoms with Gasteiger partial charge in [-0.25, -0.2) is 9.36 Å². The van der Waals surface area contributed by atoms with Crippen LogP contribution in [0, 0.1) is 0 Å². The molecule has 138 valence electrons. The monoisotopic (exact) mass is 366 g/mol. The van der Waals surface area contributed by atoms with Gasteiger partial charge in [-0.3, -0.25) is 9.59 Å². The third-order valence-electron chi connectivity index (χ3n) is 4.26. The third-order valence-corrected chi connectivity index (χ3v) is 4.26. The van der Waals surface area contributed by atoms with Crippen LogP contribution in [0.4, 0.5) is 0 Å². The lowest BCUT2D eigenvalue weighted by molar-refractivity contribution is -0.308. The molecule has 2 aromatic carbocycles. The van der Waals surface area contributed by atoms with Gasteiger partial charge in [0.25, 0.3) is 5.56 Å². The number of nitrogens with one attached hydrogen (secondary N) is 2. The molecule has 8 nitrogen and oxygen atoms in total. The van der Waals surface area contributed by atoms with Crippen LogP contribution in [0.5, 0.6) is 0 Å². The second-order valence-corrected chi connectivity index (χ2v) is 6.00. The summed E-state index contributed by atoms with van der Waals surface area (Å²) in [6, 6.07) is 11.8. The second kappa shape index (κ2) is 7.28. The van der Waals surface area contributed by atoms with Crippen molar-refractivity contribution in [3.63, 3.8) is 0 Å². The molecule has 0 saturated heterocycles. The number of hydrogen-bond donors (Lipinski definition) is 2. The largest absolute Gasteiger partial charge is 0.548 e. The first-order valence-electron chi connectivity index (χ1n) is 8.20. The zero-order valence-electron chi connectivity index (χ0n) is 14.3. The van der Waals surface area contributed by atoms with Crippen LogP contribution in [-0.4, -0.2) is 21.4 Å². The lowest BCUT2D eigenvalue weighted by Crippen LogP contribution is -2.47. The van der Waals surface area contributed by atoms with E-state index in [2.05, 4.69) is 10.3 Å². The van der Waals surface area contributed by atoms with Crippen molar-refractivity contribution in [2.24, 2.45) is 0 Å². The molecular weight excluding hydrogens is 350 g/mol. The van der Waals surface area contributed by atoms with Gasteiger partial charge in [-0.05, 0) is 24.6 Å². The Labute approximate surface area is 153 Å². The van der Waals surface area contributed by atoms with E-state index in [0.29, 0.717) is 11.1 Å². The van der Waals surface area contributed by atoms with E-state index in [1.165, 1.54) is 25.1 Å². The molecule has 0 spiro atoms. The number of para-hydroxylation sites is 1. The Hall–Kier alpha value is -3.68. The highest BCUT2D eigenvalue weighted by Crippen LogP contribution is 2.13. The molecule has 0 aliphatic carbocycles. The quantitative estimate of drug-likeness (QED) is 0.650. The first-order valence-corrected chi connectivity index (χ1v) is 8.20. The van der Waals surface area contributed by atoms with Gasteiger partial charge in [-0.2, -0.15) is 0 Å². The summed E-state index contributed by atoms with van der Waals surface area (Å²) >= 11 is 0. The number of aliphatic carboxylic acids is 1. The minimum atomic E-state index is -1.50. The fourth-order valence-corrected chi connectivity index (χ4v) is 2.83. The molecule has 27 heavy (non-hydrogen) atoms. The molecule has 1 aromatic heterocycles. The van der Waals surface area contributed by atoms with Gasteiger partial charge in [0, 0.05) is 0 Å². The third kappa shape index (κ3) is 3.50. The molecule has 0 unspecified atom stereocenters. The Morgan fingerprint density at radius 2 is 1.67 bits per heavy atom. The molecule has 3 rings (SSSR count). The van der Waals surface area contributed by atoms with E-state index in [1.54, 1.807) is 36.4 Å². The normalized spacial score (nSPS) is 13.1. The number of H-pyrrole nitrogens is 1. The highest BCUT2D eigenvalue weighted by atomic mass is 16.4. The maximum atomic E-state index is 12.6. The van der Waals surface area contributed by atoms with Crippen molar-refractivity contribution >= 4 is 22.8 Å². The second-order valence-electron chi connectivity index (χ2n) is 6.00. The zero-order valence-corrected chi connectivity index (χ0v) is 14.3. The van der Waals surface area contributed by atoms with Crippen LogP contribution < -0.4 is 21.7 Å². The minimum absolute atomic E-state index is 0.247. The molecule has 2 atom stereocenters. The maximum absolute atomic E-state index is 12.6. The number of carboxylic acids is 1. The van der Waals surface area contributed by atoms with Crippen LogP contribution >= 0.6 is 0 Å². The van der Waals surface area contributed by atoms with Crippen molar-refractivity contribution in [1.29, 1.82) is 0 Å². The summed E-state index contributed by atoms with van der Waals surface area (Å²) in [6.45, 7) is 1.35. The van der Waals surface area contributed by atoms with Crippen LogP contribution in [0.25, 0.3) is 10.9 Å². The molecule has 0 saturated carbocycles. The van der Waals surface area contributed by atoms with Crippen molar-refractivity contribution in [3.8, 4) is 0 Å². The van der Waals surface area contributed by atoms with E-state index >= 15 is 0 Å². The fraction of sp³-hybridized carbons (Fsp3) is 0.158. The van der Waals surface area contributed by atoms with Gasteiger partial charge in [-0.1, -0.05) is 42.5 Å². The SMILES string of the molecule is C[C@@H](C(=O)N[C@H](C(=O)[O-])c1ccccc1)n1c(=O)[nH]c2ccccc2c1=O. The Bertz CT molecular complexity index is 1120. The zero-order chi connectivity index (χ0) is 19.6. The fourth-order valence-electron chi connectivity index (χ4n) is 2.83. The van der Waals surface area contributed by atoms with Gasteiger partial charge < -0.3 is 20.2 Å². The first-order chi connectivity index (χ1) is 12.9. The Morgan fingerprint density at radius 1 is 1.04 bits per heavy atom. The summed E-state index contributed by atoms with van der Waals surface area (Å²) in [5.74, 6) is -2.29. The molecule has 2 N–H and O–H groups in total. The number of carboxylic acid groups (broad SMARTS) is 1. The van der Waals surface area contributed by atoms with Crippen molar-refractivity contribution in [1.82, 2.24) is 14.9 Å². The van der Waals surface area contributed by atoms with Crippen LogP contribution in [-0.2, 0) is 9.59 Å². The number of benzene rings is 2. The lowest BCUT2D eigenvalue weighted by Gasteiger charge is -2.23. The smallest absolute Gasteiger partial charge is 0.329 e. The van der Waals surface area contributed by atoms with Crippen molar-refractivity contribution < 1.29 is 14.7 Å². The van der Waals surface area contributed by atoms with Gasteiger partial charge in [0.1, 0.15) is 6.04 Å². The van der Waals surface area contributed by atoms with Crippen molar-refractivity contribution in [2.75, 3.05) is 0 Å². The maximum Gasteiger partial charge on any atom is 0.329 e. The van der Waals surface area contributed by atoms with Crippen LogP contribution in [0.15, 0.2) is 64.2 Å². The highest BCUT2D eigenvalue weighted by Gasteiger charge is 2.24. The van der Waals surface area contributed by atoms with Crippen LogP contribution in [0.2, 0.25) is 0 Å². The van der Waals surface area contributed by atoms with Gasteiger partial charge in [0.15, 0.2) is 0 Å². The van der Waals surface area contributed by atoms with Crippen LogP contribution in [0.1, 0.15) is 24.6 Å². The number of carbonyl (C=O) groups excluding carboxylic acids is 2. The summed E-state index contributed by atoms with van der Waals surface area (Å²) in [7, 11) is 0. The predicted octanol–water partition coefficient (Wildman–Crippen LogP) is -0.142. The number of rotatable bonds is 5. The molecule has 1 heterocycles. The molecule has 0 fully saturated rings. The van der Waals surface area contributed by atoms with E-state index in [0.717, 1.165) is 4.57 Å². The Kier molecular flexibility index (Phi) is 4.89. The minimum Gasteiger partial charge on any atom is -0.548 e. The number of aromatic nitrogens is 2. The number of carbonyl (C=O) groups is 2. The highest BCUT2D eigenvalue weighted by molar-refractivity contribution is 5.86. The molecular formula is C19H16N3O5-. The number of hydrogen-bond acceptors (Lipinski definition) is 5. The Balaban J connectivity index is 1.96. The molecule has 8 heteroatoms. The lowest BCUT2D eigenvalue weighted by atomic mass is 10.1. The summed E-state index contributed by atoms with van der Waals surface area (Å²) in [4.78, 5) is 51.4. The molecule has 3 aromatic rings. The van der Waals surface area contributed by atoms with E-state index in [9.17, 15) is 24.3 Å². The summed E-state index contributed by atoms with van der Waals surface area (Å²) in [5, 5.41) is 14.0. The van der Waals surface area contributed by atoms with Gasteiger partial charge in [0.2, 0.25) is 5.91 Å². The number of fused-ring (bicyclic) bond motifs is 1. The molecule has 0 aliphatic rings. The van der Waals surface area contributed by atoms with Gasteiger partial charge in [0.05, 0.1) is 22.9 Å². The molecule has 0 bridgehead atoms. The van der Waals surface area contributed by atoms with Crippen molar-refractivity contribution in [3.05, 3.63) is 81.0 Å². The summed E-state index contributed by atoms with van der Waals surface area (Å²) in [6.07, 6.45) is 0. The Morgan fingerprint density at radius 3 is 2.33 bits per heavy atom. The van der Waals surface area contributed by atoms with Gasteiger partial charge >= 0.3 is 5.69 Å². The van der Waals surface area contributed by atoms with Crippen LogP contribution in [0.3, 0.4) is 0 Å². The first kappa shape index (κ1) is 18.1. The van der Waals surface area contributed by atoms with E-state index in [4.69, 9.17) is 0 Å². The summed E-state index contributed by atoms with van der Waals surface area (Å²) < 4.78 is 0.759. The number of amides is 1.